The van der Waals surface area contributed by atoms with Gasteiger partial charge >= 0.3 is 5.97 Å². The van der Waals surface area contributed by atoms with Crippen LogP contribution in [0, 0.1) is 5.92 Å². The lowest BCUT2D eigenvalue weighted by Gasteiger charge is -2.13. The second-order valence-electron chi connectivity index (χ2n) is 5.52. The molecular weight excluding hydrogens is 252 g/mol. The van der Waals surface area contributed by atoms with E-state index in [1.807, 2.05) is 30.7 Å². The van der Waals surface area contributed by atoms with Crippen LogP contribution in [-0.2, 0) is 11.2 Å². The molecular formula is C16H18N2O2. The van der Waals surface area contributed by atoms with Crippen molar-refractivity contribution in [3.05, 3.63) is 42.4 Å². The highest BCUT2D eigenvalue weighted by atomic mass is 16.4. The van der Waals surface area contributed by atoms with Gasteiger partial charge in [0.2, 0.25) is 0 Å². The molecule has 3 rings (SSSR count). The smallest absolute Gasteiger partial charge is 0.306 e. The number of aliphatic carboxylic acids is 1. The molecule has 0 aliphatic heterocycles. The minimum absolute atomic E-state index is 0.381. The van der Waals surface area contributed by atoms with E-state index in [0.717, 1.165) is 16.8 Å². The van der Waals surface area contributed by atoms with Crippen molar-refractivity contribution < 1.29 is 9.90 Å². The van der Waals surface area contributed by atoms with Crippen molar-refractivity contribution in [3.8, 4) is 11.3 Å². The molecule has 104 valence electrons. The summed E-state index contributed by atoms with van der Waals surface area (Å²) in [6.07, 6.45) is 6.71. The lowest BCUT2D eigenvalue weighted by atomic mass is 9.95. The van der Waals surface area contributed by atoms with Gasteiger partial charge in [-0.05, 0) is 24.8 Å². The van der Waals surface area contributed by atoms with Crippen LogP contribution >= 0.6 is 0 Å². The molecule has 2 aromatic rings. The van der Waals surface area contributed by atoms with Crippen LogP contribution in [-0.4, -0.2) is 20.6 Å². The number of carbonyl (C=O) groups is 1. The molecule has 4 heteroatoms. The number of carboxylic acid groups (broad SMARTS) is 1. The Balaban J connectivity index is 1.96. The second kappa shape index (κ2) is 5.12. The monoisotopic (exact) mass is 270 g/mol. The van der Waals surface area contributed by atoms with Gasteiger partial charge in [0.25, 0.3) is 0 Å². The summed E-state index contributed by atoms with van der Waals surface area (Å²) in [7, 11) is 0. The zero-order valence-electron chi connectivity index (χ0n) is 11.5. The molecule has 0 saturated heterocycles. The van der Waals surface area contributed by atoms with Crippen LogP contribution in [0.2, 0.25) is 0 Å². The third-order valence-electron chi connectivity index (χ3n) is 3.85. The molecule has 1 aliphatic rings. The summed E-state index contributed by atoms with van der Waals surface area (Å²) < 4.78 is 2.21. The molecule has 1 unspecified atom stereocenters. The Bertz CT molecular complexity index is 629. The molecule has 1 aromatic carbocycles. The lowest BCUT2D eigenvalue weighted by molar-refractivity contribution is -0.141. The van der Waals surface area contributed by atoms with Crippen molar-refractivity contribution in [1.82, 2.24) is 9.55 Å². The van der Waals surface area contributed by atoms with E-state index in [-0.39, 0.29) is 5.92 Å². The van der Waals surface area contributed by atoms with Crippen LogP contribution in [0.4, 0.5) is 0 Å². The minimum Gasteiger partial charge on any atom is -0.481 e. The fourth-order valence-corrected chi connectivity index (χ4v) is 2.52. The quantitative estimate of drug-likeness (QED) is 0.908. The highest BCUT2D eigenvalue weighted by Gasteiger charge is 2.26. The Morgan fingerprint density at radius 2 is 2.20 bits per heavy atom. The Morgan fingerprint density at radius 1 is 1.45 bits per heavy atom. The number of carboxylic acids is 1. The zero-order chi connectivity index (χ0) is 14.1. The maximum absolute atomic E-state index is 11.1. The maximum atomic E-state index is 11.1. The summed E-state index contributed by atoms with van der Waals surface area (Å²) in [5.41, 5.74) is 3.27. The Hall–Kier alpha value is -2.10. The molecule has 0 bridgehead atoms. The van der Waals surface area contributed by atoms with Gasteiger partial charge < -0.3 is 9.67 Å². The second-order valence-corrected chi connectivity index (χ2v) is 5.52. The normalized spacial score (nSPS) is 16.1. The van der Waals surface area contributed by atoms with E-state index in [9.17, 15) is 4.79 Å². The van der Waals surface area contributed by atoms with Gasteiger partial charge in [0.15, 0.2) is 0 Å². The molecule has 1 atom stereocenters. The van der Waals surface area contributed by atoms with Crippen LogP contribution in [0.5, 0.6) is 0 Å². The van der Waals surface area contributed by atoms with Gasteiger partial charge in [0.1, 0.15) is 0 Å². The topological polar surface area (TPSA) is 55.1 Å². The van der Waals surface area contributed by atoms with Gasteiger partial charge in [-0.25, -0.2) is 4.98 Å². The number of hydrogen-bond donors (Lipinski definition) is 1. The van der Waals surface area contributed by atoms with Gasteiger partial charge in [0, 0.05) is 11.6 Å². The van der Waals surface area contributed by atoms with Crippen LogP contribution in [0.15, 0.2) is 36.8 Å². The van der Waals surface area contributed by atoms with Gasteiger partial charge in [-0.3, -0.25) is 4.79 Å². The molecule has 1 aromatic heterocycles. The highest BCUT2D eigenvalue weighted by Crippen LogP contribution is 2.39. The van der Waals surface area contributed by atoms with E-state index in [0.29, 0.717) is 12.5 Å². The minimum atomic E-state index is -0.754. The van der Waals surface area contributed by atoms with Crippen molar-refractivity contribution >= 4 is 5.97 Å². The predicted octanol–water partition coefficient (Wildman–Crippen LogP) is 3.15. The number of imidazole rings is 1. The molecule has 1 saturated carbocycles. The maximum Gasteiger partial charge on any atom is 0.306 e. The summed E-state index contributed by atoms with van der Waals surface area (Å²) in [6.45, 7) is 1.75. The molecule has 0 amide bonds. The SMILES string of the molecule is CC(Cc1ccccc1-c1cncn1C1CC1)C(=O)O. The summed E-state index contributed by atoms with van der Waals surface area (Å²) in [5, 5.41) is 9.10. The van der Waals surface area contributed by atoms with E-state index in [2.05, 4.69) is 15.6 Å². The van der Waals surface area contributed by atoms with Crippen LogP contribution < -0.4 is 0 Å². The van der Waals surface area contributed by atoms with Gasteiger partial charge in [-0.15, -0.1) is 0 Å². The zero-order valence-corrected chi connectivity index (χ0v) is 11.5. The van der Waals surface area contributed by atoms with Crippen molar-refractivity contribution in [2.75, 3.05) is 0 Å². The Morgan fingerprint density at radius 3 is 2.90 bits per heavy atom. The summed E-state index contributed by atoms with van der Waals surface area (Å²) in [4.78, 5) is 15.3. The predicted molar refractivity (Wildman–Crippen MR) is 76.4 cm³/mol. The number of nitrogens with zero attached hydrogens (tertiary/aromatic N) is 2. The average Bonchev–Trinajstić information content (AvgIpc) is 3.17. The number of hydrogen-bond acceptors (Lipinski definition) is 2. The van der Waals surface area contributed by atoms with Crippen molar-refractivity contribution in [1.29, 1.82) is 0 Å². The van der Waals surface area contributed by atoms with Gasteiger partial charge in [0.05, 0.1) is 24.1 Å². The average molecular weight is 270 g/mol. The molecule has 1 aliphatic carbocycles. The summed E-state index contributed by atoms with van der Waals surface area (Å²) in [5.74, 6) is -1.14. The molecule has 1 fully saturated rings. The third-order valence-corrected chi connectivity index (χ3v) is 3.85. The first kappa shape index (κ1) is 12.9. The first-order valence-electron chi connectivity index (χ1n) is 6.99. The lowest BCUT2D eigenvalue weighted by Crippen LogP contribution is -2.13. The standard InChI is InChI=1S/C16H18N2O2/c1-11(16(19)20)8-12-4-2-3-5-14(12)15-9-17-10-18(15)13-6-7-13/h2-5,9-11,13H,6-8H2,1H3,(H,19,20). The number of aromatic nitrogens is 2. The Labute approximate surface area is 118 Å². The van der Waals surface area contributed by atoms with Crippen molar-refractivity contribution in [2.24, 2.45) is 5.92 Å². The fourth-order valence-electron chi connectivity index (χ4n) is 2.52. The molecule has 1 N–H and O–H groups in total. The van der Waals surface area contributed by atoms with Gasteiger partial charge in [-0.1, -0.05) is 31.2 Å². The largest absolute Gasteiger partial charge is 0.481 e. The van der Waals surface area contributed by atoms with E-state index >= 15 is 0 Å². The number of rotatable bonds is 5. The van der Waals surface area contributed by atoms with Crippen molar-refractivity contribution in [2.45, 2.75) is 32.2 Å². The number of benzene rings is 1. The molecule has 4 nitrogen and oxygen atoms in total. The van der Waals surface area contributed by atoms with Crippen LogP contribution in [0.25, 0.3) is 11.3 Å². The highest BCUT2D eigenvalue weighted by molar-refractivity contribution is 5.71. The van der Waals surface area contributed by atoms with E-state index in [1.165, 1.54) is 12.8 Å². The summed E-state index contributed by atoms with van der Waals surface area (Å²) in [6, 6.07) is 8.59. The van der Waals surface area contributed by atoms with Gasteiger partial charge in [-0.2, -0.15) is 0 Å². The first-order chi connectivity index (χ1) is 9.66. The van der Waals surface area contributed by atoms with E-state index < -0.39 is 5.97 Å². The first-order valence-corrected chi connectivity index (χ1v) is 6.99. The van der Waals surface area contributed by atoms with E-state index in [4.69, 9.17) is 5.11 Å². The van der Waals surface area contributed by atoms with E-state index in [1.54, 1.807) is 6.92 Å². The molecule has 0 radical (unpaired) electrons. The third kappa shape index (κ3) is 2.46. The fraction of sp³-hybridized carbons (Fsp3) is 0.375. The van der Waals surface area contributed by atoms with Crippen molar-refractivity contribution in [3.63, 3.8) is 0 Å². The Kier molecular flexibility index (Phi) is 3.30. The van der Waals surface area contributed by atoms with Crippen LogP contribution in [0.3, 0.4) is 0 Å². The summed E-state index contributed by atoms with van der Waals surface area (Å²) >= 11 is 0. The molecule has 1 heterocycles. The molecule has 20 heavy (non-hydrogen) atoms. The molecule has 0 spiro atoms. The van der Waals surface area contributed by atoms with Crippen LogP contribution in [0.1, 0.15) is 31.4 Å².